The summed E-state index contributed by atoms with van der Waals surface area (Å²) in [6.45, 7) is -0.135. The fraction of sp³-hybridized carbons (Fsp3) is 0.167. The molecule has 2 aromatic rings. The van der Waals surface area contributed by atoms with E-state index >= 15 is 0 Å². The van der Waals surface area contributed by atoms with Crippen LogP contribution in [0, 0.1) is 0 Å². The molecule has 0 spiro atoms. The monoisotopic (exact) mass is 283 g/mol. The summed E-state index contributed by atoms with van der Waals surface area (Å²) in [4.78, 5) is 15.2. The van der Waals surface area contributed by atoms with E-state index in [-0.39, 0.29) is 6.61 Å². The Morgan fingerprint density at radius 3 is 2.78 bits per heavy atom. The third kappa shape index (κ3) is 3.21. The van der Waals surface area contributed by atoms with E-state index in [9.17, 15) is 4.79 Å². The molecule has 0 N–H and O–H groups in total. The van der Waals surface area contributed by atoms with Crippen LogP contribution in [0.3, 0.4) is 0 Å². The molecule has 0 unspecified atom stereocenters. The van der Waals surface area contributed by atoms with Gasteiger partial charge in [-0.05, 0) is 12.1 Å². The molecule has 0 atom stereocenters. The highest BCUT2D eigenvalue weighted by molar-refractivity contribution is 7.11. The Bertz CT molecular complexity index is 539. The first-order valence-corrected chi connectivity index (χ1v) is 6.36. The Kier molecular flexibility index (Phi) is 4.17. The average Bonchev–Trinajstić information content (AvgIpc) is 2.85. The fourth-order valence-corrected chi connectivity index (χ4v) is 2.06. The maximum Gasteiger partial charge on any atom is 0.343 e. The number of carbonyl (C=O) groups excluding carboxylic acids is 1. The van der Waals surface area contributed by atoms with Crippen molar-refractivity contribution in [2.24, 2.45) is 0 Å². The molecule has 0 aliphatic carbocycles. The second-order valence-corrected chi connectivity index (χ2v) is 4.63. The van der Waals surface area contributed by atoms with Gasteiger partial charge >= 0.3 is 5.97 Å². The Balaban J connectivity index is 2.06. The molecule has 0 bridgehead atoms. The SMILES string of the molecule is COC(=O)COc1nc(-c2ccc(Cl)cc2)cs1. The van der Waals surface area contributed by atoms with Crippen LogP contribution in [0.1, 0.15) is 0 Å². The molecule has 0 saturated carbocycles. The van der Waals surface area contributed by atoms with Crippen molar-refractivity contribution in [1.82, 2.24) is 4.98 Å². The van der Waals surface area contributed by atoms with E-state index in [1.54, 1.807) is 12.1 Å². The molecule has 4 nitrogen and oxygen atoms in total. The van der Waals surface area contributed by atoms with Crippen molar-refractivity contribution in [1.29, 1.82) is 0 Å². The molecule has 0 aliphatic heterocycles. The maximum atomic E-state index is 10.9. The van der Waals surface area contributed by atoms with Crippen LogP contribution in [0.25, 0.3) is 11.3 Å². The fourth-order valence-electron chi connectivity index (χ4n) is 1.26. The number of carbonyl (C=O) groups is 1. The minimum atomic E-state index is -0.432. The smallest absolute Gasteiger partial charge is 0.343 e. The summed E-state index contributed by atoms with van der Waals surface area (Å²) in [6.07, 6.45) is 0. The van der Waals surface area contributed by atoms with Crippen molar-refractivity contribution in [3.63, 3.8) is 0 Å². The molecule has 94 valence electrons. The van der Waals surface area contributed by atoms with Gasteiger partial charge in [-0.25, -0.2) is 9.78 Å². The molecule has 0 saturated heterocycles. The number of nitrogens with zero attached hydrogens (tertiary/aromatic N) is 1. The van der Waals surface area contributed by atoms with Crippen molar-refractivity contribution in [2.75, 3.05) is 13.7 Å². The van der Waals surface area contributed by atoms with Gasteiger partial charge in [0.25, 0.3) is 5.19 Å². The lowest BCUT2D eigenvalue weighted by Gasteiger charge is -1.99. The van der Waals surface area contributed by atoms with Gasteiger partial charge in [-0.15, -0.1) is 0 Å². The minimum Gasteiger partial charge on any atom is -0.466 e. The van der Waals surface area contributed by atoms with Crippen molar-refractivity contribution >= 4 is 28.9 Å². The molecule has 1 heterocycles. The van der Waals surface area contributed by atoms with Crippen molar-refractivity contribution < 1.29 is 14.3 Å². The Hall–Kier alpha value is -1.59. The number of hydrogen-bond acceptors (Lipinski definition) is 5. The largest absolute Gasteiger partial charge is 0.466 e. The third-order valence-electron chi connectivity index (χ3n) is 2.16. The van der Waals surface area contributed by atoms with Gasteiger partial charge in [0.1, 0.15) is 0 Å². The Morgan fingerprint density at radius 1 is 1.39 bits per heavy atom. The van der Waals surface area contributed by atoms with Crippen LogP contribution in [-0.4, -0.2) is 24.7 Å². The minimum absolute atomic E-state index is 0.135. The predicted octanol–water partition coefficient (Wildman–Crippen LogP) is 3.02. The molecule has 6 heteroatoms. The van der Waals surface area contributed by atoms with Gasteiger partial charge in [-0.1, -0.05) is 35.1 Å². The van der Waals surface area contributed by atoms with Gasteiger partial charge in [0.05, 0.1) is 12.8 Å². The number of thiazole rings is 1. The molecule has 2 rings (SSSR count). The zero-order valence-corrected chi connectivity index (χ0v) is 11.1. The van der Waals surface area contributed by atoms with Crippen molar-refractivity contribution in [2.45, 2.75) is 0 Å². The highest BCUT2D eigenvalue weighted by Crippen LogP contribution is 2.27. The number of rotatable bonds is 4. The number of halogens is 1. The van der Waals surface area contributed by atoms with Crippen LogP contribution in [0.4, 0.5) is 0 Å². The number of esters is 1. The number of methoxy groups -OCH3 is 1. The lowest BCUT2D eigenvalue weighted by Crippen LogP contribution is -2.12. The molecule has 0 amide bonds. The van der Waals surface area contributed by atoms with E-state index in [1.807, 2.05) is 17.5 Å². The second-order valence-electron chi connectivity index (χ2n) is 3.37. The van der Waals surface area contributed by atoms with Gasteiger partial charge in [0.2, 0.25) is 0 Å². The molecular formula is C12H10ClNO3S. The second kappa shape index (κ2) is 5.84. The summed E-state index contributed by atoms with van der Waals surface area (Å²) < 4.78 is 9.67. The zero-order chi connectivity index (χ0) is 13.0. The number of aromatic nitrogens is 1. The summed E-state index contributed by atoms with van der Waals surface area (Å²) in [6, 6.07) is 7.35. The van der Waals surface area contributed by atoms with Gasteiger partial charge in [0, 0.05) is 16.0 Å². The molecule has 18 heavy (non-hydrogen) atoms. The van der Waals surface area contributed by atoms with E-state index in [4.69, 9.17) is 16.3 Å². The van der Waals surface area contributed by atoms with Gasteiger partial charge in [0.15, 0.2) is 6.61 Å². The molecule has 1 aromatic heterocycles. The van der Waals surface area contributed by atoms with E-state index in [1.165, 1.54) is 18.4 Å². The van der Waals surface area contributed by atoms with Gasteiger partial charge in [-0.3, -0.25) is 0 Å². The standard InChI is InChI=1S/C12H10ClNO3S/c1-16-11(15)6-17-12-14-10(7-18-12)8-2-4-9(13)5-3-8/h2-5,7H,6H2,1H3. The maximum absolute atomic E-state index is 10.9. The third-order valence-corrected chi connectivity index (χ3v) is 3.17. The average molecular weight is 284 g/mol. The van der Waals surface area contributed by atoms with Gasteiger partial charge in [-0.2, -0.15) is 0 Å². The molecule has 1 aromatic carbocycles. The first kappa shape index (κ1) is 12.9. The van der Waals surface area contributed by atoms with Crippen molar-refractivity contribution in [3.05, 3.63) is 34.7 Å². The quantitative estimate of drug-likeness (QED) is 0.809. The summed E-state index contributed by atoms with van der Waals surface area (Å²) in [5, 5.41) is 2.97. The van der Waals surface area contributed by atoms with E-state index in [0.29, 0.717) is 10.2 Å². The van der Waals surface area contributed by atoms with E-state index < -0.39 is 5.97 Å². The Labute approximate surface area is 113 Å². The van der Waals surface area contributed by atoms with E-state index in [0.717, 1.165) is 11.3 Å². The number of benzene rings is 1. The first-order chi connectivity index (χ1) is 8.69. The topological polar surface area (TPSA) is 48.4 Å². The molecular weight excluding hydrogens is 274 g/mol. The summed E-state index contributed by atoms with van der Waals surface area (Å²) in [5.41, 5.74) is 1.74. The highest BCUT2D eigenvalue weighted by atomic mass is 35.5. The lowest BCUT2D eigenvalue weighted by molar-refractivity contribution is -0.142. The van der Waals surface area contributed by atoms with E-state index in [2.05, 4.69) is 9.72 Å². The highest BCUT2D eigenvalue weighted by Gasteiger charge is 2.07. The normalized spacial score (nSPS) is 10.1. The van der Waals surface area contributed by atoms with Crippen LogP contribution in [0.2, 0.25) is 5.02 Å². The predicted molar refractivity (Wildman–Crippen MR) is 70.1 cm³/mol. The van der Waals surface area contributed by atoms with Crippen molar-refractivity contribution in [3.8, 4) is 16.5 Å². The number of hydrogen-bond donors (Lipinski definition) is 0. The molecule has 0 aliphatic rings. The molecule has 0 radical (unpaired) electrons. The Morgan fingerprint density at radius 2 is 2.11 bits per heavy atom. The van der Waals surface area contributed by atoms with Gasteiger partial charge < -0.3 is 9.47 Å². The molecule has 0 fully saturated rings. The van der Waals surface area contributed by atoms with Crippen LogP contribution in [-0.2, 0) is 9.53 Å². The first-order valence-electron chi connectivity index (χ1n) is 5.10. The summed E-state index contributed by atoms with van der Waals surface area (Å²) >= 11 is 7.14. The zero-order valence-electron chi connectivity index (χ0n) is 9.55. The lowest BCUT2D eigenvalue weighted by atomic mass is 10.2. The van der Waals surface area contributed by atoms with Crippen LogP contribution in [0.5, 0.6) is 5.19 Å². The summed E-state index contributed by atoms with van der Waals surface area (Å²) in [7, 11) is 1.31. The summed E-state index contributed by atoms with van der Waals surface area (Å²) in [5.74, 6) is -0.432. The van der Waals surface area contributed by atoms with Crippen LogP contribution < -0.4 is 4.74 Å². The number of ether oxygens (including phenoxy) is 2. The van der Waals surface area contributed by atoms with Crippen LogP contribution in [0.15, 0.2) is 29.6 Å². The van der Waals surface area contributed by atoms with Crippen LogP contribution >= 0.6 is 22.9 Å².